The number of hydrogen-bond acceptors (Lipinski definition) is 6. The van der Waals surface area contributed by atoms with Gasteiger partial charge in [-0.15, -0.1) is 0 Å². The Morgan fingerprint density at radius 1 is 1.14 bits per heavy atom. The van der Waals surface area contributed by atoms with E-state index in [1.54, 1.807) is 58.0 Å². The number of fused-ring (bicyclic) bond motifs is 2. The second-order valence-corrected chi connectivity index (χ2v) is 9.17. The van der Waals surface area contributed by atoms with E-state index < -0.39 is 11.9 Å². The molecule has 2 aromatic carbocycles. The van der Waals surface area contributed by atoms with E-state index in [0.29, 0.717) is 50.8 Å². The van der Waals surface area contributed by atoms with Crippen LogP contribution in [0, 0.1) is 0 Å². The number of anilines is 1. The van der Waals surface area contributed by atoms with Crippen molar-refractivity contribution < 1.29 is 33.5 Å². The number of nitrogens with zero attached hydrogens (tertiary/aromatic N) is 2. The maximum Gasteiger partial charge on any atom is 0.374 e. The molecule has 10 heteroatoms. The second kappa shape index (κ2) is 10.5. The number of hydrogen-bond donors (Lipinski definition) is 1. The molecule has 0 amide bonds. The number of aromatic nitrogens is 1. The summed E-state index contributed by atoms with van der Waals surface area (Å²) >= 11 is 12.3. The summed E-state index contributed by atoms with van der Waals surface area (Å²) < 4.78 is 13.7. The Kier molecular flexibility index (Phi) is 7.42. The van der Waals surface area contributed by atoms with Gasteiger partial charge in [0, 0.05) is 22.2 Å². The van der Waals surface area contributed by atoms with Crippen LogP contribution in [0.3, 0.4) is 0 Å². The van der Waals surface area contributed by atoms with Gasteiger partial charge in [-0.25, -0.2) is 4.79 Å². The lowest BCUT2D eigenvalue weighted by atomic mass is 10.1. The SMILES string of the molecule is C=C(CN1/C(=C/C(=C/c2oc3ccc(Cl)cc3[n+]2CC(=C)C(=O)O)CC)Oc2ccc(Cl)cc21)C(=O)[O-]. The average Bonchev–Trinajstić information content (AvgIpc) is 3.35. The van der Waals surface area contributed by atoms with E-state index in [1.807, 2.05) is 6.92 Å². The zero-order valence-corrected chi connectivity index (χ0v) is 21.3. The van der Waals surface area contributed by atoms with Crippen molar-refractivity contribution in [3.05, 3.63) is 94.2 Å². The minimum Gasteiger partial charge on any atom is -0.545 e. The third kappa shape index (κ3) is 5.55. The molecule has 37 heavy (non-hydrogen) atoms. The predicted molar refractivity (Wildman–Crippen MR) is 138 cm³/mol. The van der Waals surface area contributed by atoms with E-state index in [0.717, 1.165) is 5.57 Å². The summed E-state index contributed by atoms with van der Waals surface area (Å²) in [4.78, 5) is 24.5. The Hall–Kier alpha value is -4.01. The van der Waals surface area contributed by atoms with Gasteiger partial charge in [0.1, 0.15) is 0 Å². The van der Waals surface area contributed by atoms with E-state index in [-0.39, 0.29) is 24.2 Å². The molecule has 8 nitrogen and oxygen atoms in total. The molecule has 0 aliphatic carbocycles. The highest BCUT2D eigenvalue weighted by molar-refractivity contribution is 6.31. The number of carbonyl (C=O) groups is 2. The number of halogens is 2. The molecule has 1 aromatic heterocycles. The number of carboxylic acid groups (broad SMARTS) is 2. The van der Waals surface area contributed by atoms with Gasteiger partial charge >= 0.3 is 11.9 Å². The maximum atomic E-state index is 11.5. The molecule has 2 heterocycles. The molecule has 190 valence electrons. The van der Waals surface area contributed by atoms with E-state index in [1.165, 1.54) is 0 Å². The van der Waals surface area contributed by atoms with Gasteiger partial charge in [0.05, 0.1) is 29.9 Å². The summed E-state index contributed by atoms with van der Waals surface area (Å²) in [5.74, 6) is -1.27. The molecule has 0 unspecified atom stereocenters. The smallest absolute Gasteiger partial charge is 0.374 e. The van der Waals surface area contributed by atoms with Crippen LogP contribution < -0.4 is 19.3 Å². The van der Waals surface area contributed by atoms with E-state index in [4.69, 9.17) is 32.4 Å². The fourth-order valence-corrected chi connectivity index (χ4v) is 4.10. The van der Waals surface area contributed by atoms with E-state index in [2.05, 4.69) is 13.2 Å². The first-order valence-corrected chi connectivity index (χ1v) is 11.9. The van der Waals surface area contributed by atoms with Crippen molar-refractivity contribution in [1.82, 2.24) is 0 Å². The molecule has 0 atom stereocenters. The summed E-state index contributed by atoms with van der Waals surface area (Å²) in [6.07, 6.45) is 4.03. The number of aliphatic carboxylic acids is 2. The van der Waals surface area contributed by atoms with Gasteiger partial charge in [-0.1, -0.05) is 43.3 Å². The lowest BCUT2D eigenvalue weighted by Gasteiger charge is -2.20. The second-order valence-electron chi connectivity index (χ2n) is 8.29. The number of allylic oxidation sites excluding steroid dienone is 2. The predicted octanol–water partition coefficient (Wildman–Crippen LogP) is 4.51. The first kappa shape index (κ1) is 26.1. The van der Waals surface area contributed by atoms with Gasteiger partial charge in [0.15, 0.2) is 12.3 Å². The van der Waals surface area contributed by atoms with Crippen LogP contribution in [0.5, 0.6) is 5.75 Å². The molecule has 0 spiro atoms. The van der Waals surface area contributed by atoms with Crippen LogP contribution in [0.4, 0.5) is 5.69 Å². The highest BCUT2D eigenvalue weighted by Gasteiger charge is 2.28. The Morgan fingerprint density at radius 2 is 1.84 bits per heavy atom. The first-order valence-electron chi connectivity index (χ1n) is 11.2. The van der Waals surface area contributed by atoms with E-state index in [9.17, 15) is 19.8 Å². The molecule has 1 aliphatic heterocycles. The van der Waals surface area contributed by atoms with Gasteiger partial charge in [-0.2, -0.15) is 4.57 Å². The highest BCUT2D eigenvalue weighted by atomic mass is 35.5. The molecule has 0 saturated heterocycles. The number of benzene rings is 2. The van der Waals surface area contributed by atoms with E-state index >= 15 is 0 Å². The minimum absolute atomic E-state index is 0.0277. The summed E-state index contributed by atoms with van der Waals surface area (Å²) in [5, 5.41) is 21.7. The molecule has 0 radical (unpaired) electrons. The van der Waals surface area contributed by atoms with Crippen molar-refractivity contribution in [2.45, 2.75) is 19.9 Å². The number of carboxylic acids is 2. The number of rotatable bonds is 9. The zero-order valence-electron chi connectivity index (χ0n) is 19.8. The standard InChI is InChI=1S/C27H22Cl2N2O6/c1-4-17(9-24-30(13-15(2)26(32)33)20-11-18(28)5-7-22(20)36-24)10-25-31(14-16(3)27(34)35)21-12-19(29)6-8-23(21)37-25/h5-12H,2-4,13-14H2,1H3,(H-,32,33,34,35). The molecular weight excluding hydrogens is 519 g/mol. The van der Waals surface area contributed by atoms with Gasteiger partial charge in [0.2, 0.25) is 11.5 Å². The zero-order chi connectivity index (χ0) is 26.9. The van der Waals surface area contributed by atoms with Crippen molar-refractivity contribution >= 4 is 58.0 Å². The minimum atomic E-state index is -1.37. The fourth-order valence-electron chi connectivity index (χ4n) is 3.77. The largest absolute Gasteiger partial charge is 0.545 e. The summed E-state index contributed by atoms with van der Waals surface area (Å²) in [6.45, 7) is 9.03. The normalized spacial score (nSPS) is 14.1. The third-order valence-electron chi connectivity index (χ3n) is 5.70. The molecular formula is C27H22Cl2N2O6. The van der Waals surface area contributed by atoms with Crippen LogP contribution in [0.15, 0.2) is 82.7 Å². The molecule has 1 N–H and O–H groups in total. The monoisotopic (exact) mass is 540 g/mol. The number of carbonyl (C=O) groups excluding carboxylic acids is 1. The topological polar surface area (TPSA) is 107 Å². The lowest BCUT2D eigenvalue weighted by molar-refractivity contribution is -0.669. The van der Waals surface area contributed by atoms with Crippen molar-refractivity contribution in [3.63, 3.8) is 0 Å². The third-order valence-corrected chi connectivity index (χ3v) is 6.17. The van der Waals surface area contributed by atoms with Gasteiger partial charge in [-0.3, -0.25) is 0 Å². The van der Waals surface area contributed by atoms with Crippen LogP contribution in [0.1, 0.15) is 19.2 Å². The van der Waals surface area contributed by atoms with Crippen LogP contribution in [0.2, 0.25) is 10.0 Å². The maximum absolute atomic E-state index is 11.5. The molecule has 0 bridgehead atoms. The number of ether oxygens (including phenoxy) is 1. The average molecular weight is 541 g/mol. The first-order chi connectivity index (χ1) is 17.6. The van der Waals surface area contributed by atoms with Crippen LogP contribution in [-0.4, -0.2) is 23.6 Å². The Labute approximate surface area is 222 Å². The summed E-state index contributed by atoms with van der Waals surface area (Å²) in [7, 11) is 0. The van der Waals surface area contributed by atoms with Gasteiger partial charge in [0.25, 0.3) is 5.52 Å². The lowest BCUT2D eigenvalue weighted by Crippen LogP contribution is -2.37. The summed E-state index contributed by atoms with van der Waals surface area (Å²) in [6, 6.07) is 10.1. The molecule has 1 aliphatic rings. The highest BCUT2D eigenvalue weighted by Crippen LogP contribution is 2.41. The molecule has 0 saturated carbocycles. The van der Waals surface area contributed by atoms with Crippen LogP contribution >= 0.6 is 23.2 Å². The van der Waals surface area contributed by atoms with Crippen molar-refractivity contribution in [2.75, 3.05) is 11.4 Å². The fraction of sp³-hybridized carbons (Fsp3) is 0.148. The van der Waals surface area contributed by atoms with Crippen molar-refractivity contribution in [2.24, 2.45) is 0 Å². The van der Waals surface area contributed by atoms with Crippen molar-refractivity contribution in [1.29, 1.82) is 0 Å². The van der Waals surface area contributed by atoms with Crippen LogP contribution in [-0.2, 0) is 16.1 Å². The Morgan fingerprint density at radius 3 is 2.51 bits per heavy atom. The quantitative estimate of drug-likeness (QED) is 0.314. The Bertz CT molecular complexity index is 1520. The van der Waals surface area contributed by atoms with Crippen LogP contribution in [0.25, 0.3) is 17.2 Å². The van der Waals surface area contributed by atoms with Gasteiger partial charge < -0.3 is 29.1 Å². The Balaban J connectivity index is 1.80. The molecule has 4 rings (SSSR count). The summed E-state index contributed by atoms with van der Waals surface area (Å²) in [5.41, 5.74) is 2.29. The van der Waals surface area contributed by atoms with Gasteiger partial charge in [-0.05, 0) is 47.9 Å². The number of oxazole rings is 1. The molecule has 3 aromatic rings. The van der Waals surface area contributed by atoms with Crippen molar-refractivity contribution in [3.8, 4) is 5.75 Å². The molecule has 0 fully saturated rings.